The summed E-state index contributed by atoms with van der Waals surface area (Å²) in [7, 11) is 0. The van der Waals surface area contributed by atoms with Gasteiger partial charge in [0.1, 0.15) is 0 Å². The highest BCUT2D eigenvalue weighted by Crippen LogP contribution is 2.04. The molecule has 1 rings (SSSR count). The molecule has 0 amide bonds. The van der Waals surface area contributed by atoms with E-state index in [1.54, 1.807) is 0 Å². The van der Waals surface area contributed by atoms with Crippen molar-refractivity contribution in [3.8, 4) is 0 Å². The minimum absolute atomic E-state index is 0.452. The minimum Gasteiger partial charge on any atom is -0.352 e. The van der Waals surface area contributed by atoms with E-state index in [1.807, 2.05) is 19.3 Å². The molecule has 0 aliphatic rings. The first-order valence-electron chi connectivity index (χ1n) is 4.77. The van der Waals surface area contributed by atoms with Crippen LogP contribution in [-0.2, 0) is 0 Å². The number of rotatable bonds is 4. The summed E-state index contributed by atoms with van der Waals surface area (Å²) in [6, 6.07) is 0.452. The summed E-state index contributed by atoms with van der Waals surface area (Å²) in [4.78, 5) is 8.36. The van der Waals surface area contributed by atoms with Crippen LogP contribution >= 0.6 is 0 Å². The number of hydrogen-bond acceptors (Lipinski definition) is 3. The molecule has 72 valence electrons. The van der Waals surface area contributed by atoms with Gasteiger partial charge in [0.15, 0.2) is 0 Å². The zero-order valence-electron chi connectivity index (χ0n) is 8.54. The van der Waals surface area contributed by atoms with Crippen LogP contribution < -0.4 is 5.32 Å². The first-order valence-corrected chi connectivity index (χ1v) is 4.77. The lowest BCUT2D eigenvalue weighted by Crippen LogP contribution is -2.16. The maximum atomic E-state index is 4.18. The lowest BCUT2D eigenvalue weighted by atomic mass is 10.2. The van der Waals surface area contributed by atoms with Crippen molar-refractivity contribution >= 4 is 5.95 Å². The molecule has 0 radical (unpaired) electrons. The zero-order chi connectivity index (χ0) is 9.68. The molecule has 3 nitrogen and oxygen atoms in total. The molecule has 1 atom stereocenters. The van der Waals surface area contributed by atoms with Gasteiger partial charge in [0.2, 0.25) is 5.95 Å². The highest BCUT2D eigenvalue weighted by molar-refractivity contribution is 5.25. The summed E-state index contributed by atoms with van der Waals surface area (Å²) in [6.45, 7) is 6.31. The predicted molar refractivity (Wildman–Crippen MR) is 54.8 cm³/mol. The fourth-order valence-corrected chi connectivity index (χ4v) is 1.19. The molecule has 0 spiro atoms. The van der Waals surface area contributed by atoms with Crippen LogP contribution in [-0.4, -0.2) is 16.0 Å². The van der Waals surface area contributed by atoms with Crippen molar-refractivity contribution < 1.29 is 0 Å². The third-order valence-corrected chi connectivity index (χ3v) is 1.88. The topological polar surface area (TPSA) is 37.8 Å². The Morgan fingerprint density at radius 1 is 1.38 bits per heavy atom. The first kappa shape index (κ1) is 9.96. The normalized spacial score (nSPS) is 12.5. The SMILES string of the molecule is CCCC(C)Nc1ncc(C)cn1. The molecule has 1 aromatic rings. The van der Waals surface area contributed by atoms with E-state index in [-0.39, 0.29) is 0 Å². The number of anilines is 1. The van der Waals surface area contributed by atoms with Crippen molar-refractivity contribution in [1.29, 1.82) is 0 Å². The van der Waals surface area contributed by atoms with Gasteiger partial charge in [-0.05, 0) is 25.8 Å². The molecule has 0 aliphatic carbocycles. The van der Waals surface area contributed by atoms with Crippen molar-refractivity contribution in [2.24, 2.45) is 0 Å². The molecule has 1 aromatic heterocycles. The standard InChI is InChI=1S/C10H17N3/c1-4-5-9(3)13-10-11-6-8(2)7-12-10/h6-7,9H,4-5H2,1-3H3,(H,11,12,13). The third-order valence-electron chi connectivity index (χ3n) is 1.88. The zero-order valence-corrected chi connectivity index (χ0v) is 8.54. The quantitative estimate of drug-likeness (QED) is 0.771. The van der Waals surface area contributed by atoms with E-state index in [9.17, 15) is 0 Å². The van der Waals surface area contributed by atoms with Crippen LogP contribution in [0.4, 0.5) is 5.95 Å². The maximum Gasteiger partial charge on any atom is 0.222 e. The fourth-order valence-electron chi connectivity index (χ4n) is 1.19. The van der Waals surface area contributed by atoms with Crippen molar-refractivity contribution in [1.82, 2.24) is 9.97 Å². The van der Waals surface area contributed by atoms with E-state index in [2.05, 4.69) is 29.1 Å². The van der Waals surface area contributed by atoms with Crippen LogP contribution in [0.25, 0.3) is 0 Å². The smallest absolute Gasteiger partial charge is 0.222 e. The van der Waals surface area contributed by atoms with E-state index in [1.165, 1.54) is 6.42 Å². The highest BCUT2D eigenvalue weighted by atomic mass is 15.1. The summed E-state index contributed by atoms with van der Waals surface area (Å²) in [5.74, 6) is 0.728. The summed E-state index contributed by atoms with van der Waals surface area (Å²) >= 11 is 0. The Morgan fingerprint density at radius 2 is 2.00 bits per heavy atom. The van der Waals surface area contributed by atoms with Crippen LogP contribution in [0, 0.1) is 6.92 Å². The van der Waals surface area contributed by atoms with Gasteiger partial charge in [-0.2, -0.15) is 0 Å². The second-order valence-corrected chi connectivity index (χ2v) is 3.42. The van der Waals surface area contributed by atoms with Crippen LogP contribution in [0.5, 0.6) is 0 Å². The average molecular weight is 179 g/mol. The first-order chi connectivity index (χ1) is 6.22. The molecule has 0 fully saturated rings. The monoisotopic (exact) mass is 179 g/mol. The van der Waals surface area contributed by atoms with Crippen molar-refractivity contribution in [3.05, 3.63) is 18.0 Å². The van der Waals surface area contributed by atoms with Gasteiger partial charge < -0.3 is 5.32 Å². The van der Waals surface area contributed by atoms with Gasteiger partial charge in [-0.15, -0.1) is 0 Å². The van der Waals surface area contributed by atoms with E-state index >= 15 is 0 Å². The molecule has 0 aliphatic heterocycles. The van der Waals surface area contributed by atoms with E-state index in [0.29, 0.717) is 6.04 Å². The predicted octanol–water partition coefficient (Wildman–Crippen LogP) is 2.39. The van der Waals surface area contributed by atoms with Gasteiger partial charge in [0, 0.05) is 18.4 Å². The van der Waals surface area contributed by atoms with Crippen LogP contribution in [0.3, 0.4) is 0 Å². The molecule has 0 aromatic carbocycles. The highest BCUT2D eigenvalue weighted by Gasteiger charge is 2.01. The summed E-state index contributed by atoms with van der Waals surface area (Å²) in [6.07, 6.45) is 5.99. The Balaban J connectivity index is 2.49. The Kier molecular flexibility index (Phi) is 3.68. The molecule has 1 unspecified atom stereocenters. The maximum absolute atomic E-state index is 4.18. The molecule has 0 saturated heterocycles. The summed E-state index contributed by atoms with van der Waals surface area (Å²) in [5.41, 5.74) is 1.09. The number of nitrogens with zero attached hydrogens (tertiary/aromatic N) is 2. The van der Waals surface area contributed by atoms with E-state index in [0.717, 1.165) is 17.9 Å². The molecule has 1 heterocycles. The summed E-state index contributed by atoms with van der Waals surface area (Å²) in [5, 5.41) is 3.25. The number of hydrogen-bond donors (Lipinski definition) is 1. The molecule has 13 heavy (non-hydrogen) atoms. The molecular formula is C10H17N3. The second kappa shape index (κ2) is 4.80. The van der Waals surface area contributed by atoms with Gasteiger partial charge in [-0.1, -0.05) is 13.3 Å². The van der Waals surface area contributed by atoms with Gasteiger partial charge in [0.05, 0.1) is 0 Å². The van der Waals surface area contributed by atoms with Gasteiger partial charge in [0.25, 0.3) is 0 Å². The Morgan fingerprint density at radius 3 is 2.54 bits per heavy atom. The average Bonchev–Trinajstić information content (AvgIpc) is 2.09. The molecule has 0 saturated carbocycles. The summed E-state index contributed by atoms with van der Waals surface area (Å²) < 4.78 is 0. The van der Waals surface area contributed by atoms with E-state index in [4.69, 9.17) is 0 Å². The van der Waals surface area contributed by atoms with Crippen LogP contribution in [0.15, 0.2) is 12.4 Å². The third kappa shape index (κ3) is 3.40. The number of nitrogens with one attached hydrogen (secondary N) is 1. The van der Waals surface area contributed by atoms with Gasteiger partial charge >= 0.3 is 0 Å². The fraction of sp³-hybridized carbons (Fsp3) is 0.600. The molecular weight excluding hydrogens is 162 g/mol. The Bertz CT molecular complexity index is 243. The van der Waals surface area contributed by atoms with Crippen LogP contribution in [0.1, 0.15) is 32.3 Å². The Labute approximate surface area is 79.6 Å². The van der Waals surface area contributed by atoms with Gasteiger partial charge in [-0.3, -0.25) is 0 Å². The molecule has 1 N–H and O–H groups in total. The lowest BCUT2D eigenvalue weighted by Gasteiger charge is -2.11. The largest absolute Gasteiger partial charge is 0.352 e. The Hall–Kier alpha value is -1.12. The molecule has 0 bridgehead atoms. The number of aromatic nitrogens is 2. The molecule has 3 heteroatoms. The van der Waals surface area contributed by atoms with E-state index < -0.39 is 0 Å². The van der Waals surface area contributed by atoms with Crippen molar-refractivity contribution in [3.63, 3.8) is 0 Å². The van der Waals surface area contributed by atoms with Crippen LogP contribution in [0.2, 0.25) is 0 Å². The second-order valence-electron chi connectivity index (χ2n) is 3.42. The number of aryl methyl sites for hydroxylation is 1. The van der Waals surface area contributed by atoms with Crippen molar-refractivity contribution in [2.45, 2.75) is 39.7 Å². The van der Waals surface area contributed by atoms with Crippen molar-refractivity contribution in [2.75, 3.05) is 5.32 Å². The lowest BCUT2D eigenvalue weighted by molar-refractivity contribution is 0.683. The minimum atomic E-state index is 0.452. The van der Waals surface area contributed by atoms with Gasteiger partial charge in [-0.25, -0.2) is 9.97 Å².